The zero-order valence-electron chi connectivity index (χ0n) is 19.7. The van der Waals surface area contributed by atoms with Crippen molar-refractivity contribution in [1.82, 2.24) is 30.0 Å². The molecule has 190 valence electrons. The quantitative estimate of drug-likeness (QED) is 0.516. The lowest BCUT2D eigenvalue weighted by molar-refractivity contribution is -0.132. The first-order chi connectivity index (χ1) is 17.7. The zero-order valence-corrected chi connectivity index (χ0v) is 19.7. The number of nitrogens with one attached hydrogen (secondary N) is 2. The molecule has 1 aliphatic carbocycles. The summed E-state index contributed by atoms with van der Waals surface area (Å²) in [5.74, 6) is -3.56. The molecular weight excluding hydrogens is 486 g/mol. The number of likely N-dealkylation sites (tertiary alicyclic amines) is 1. The third-order valence-corrected chi connectivity index (χ3v) is 6.15. The van der Waals surface area contributed by atoms with E-state index in [4.69, 9.17) is 4.74 Å². The van der Waals surface area contributed by atoms with Gasteiger partial charge in [-0.05, 0) is 38.0 Å². The fourth-order valence-electron chi connectivity index (χ4n) is 4.02. The molecule has 3 heterocycles. The molecule has 0 radical (unpaired) electrons. The number of nitrogens with zero attached hydrogens (tertiary/aromatic N) is 6. The predicted molar refractivity (Wildman–Crippen MR) is 125 cm³/mol. The van der Waals surface area contributed by atoms with E-state index in [9.17, 15) is 23.6 Å². The Morgan fingerprint density at radius 3 is 2.73 bits per heavy atom. The second-order valence-electron chi connectivity index (χ2n) is 8.99. The van der Waals surface area contributed by atoms with Crippen LogP contribution in [0.2, 0.25) is 0 Å². The first-order valence-electron chi connectivity index (χ1n) is 11.6. The summed E-state index contributed by atoms with van der Waals surface area (Å²) in [5.41, 5.74) is 1.03. The monoisotopic (exact) mass is 508 g/mol. The number of benzene rings is 1. The van der Waals surface area contributed by atoms with Crippen LogP contribution in [0.5, 0.6) is 5.75 Å². The van der Waals surface area contributed by atoms with Gasteiger partial charge in [0.25, 0.3) is 5.91 Å². The summed E-state index contributed by atoms with van der Waals surface area (Å²) in [5, 5.41) is 18.6. The molecule has 2 fully saturated rings. The van der Waals surface area contributed by atoms with Crippen molar-refractivity contribution < 1.29 is 23.1 Å². The number of H-pyrrole nitrogens is 1. The van der Waals surface area contributed by atoms with E-state index >= 15 is 0 Å². The standard InChI is InChI=1S/C24H22F2N8O3/c1-13-30-21(33-32-13)23(36)34-7-6-19(24(25,26)11-34)37-18-5-4-15(8-16(18)10-27)17-9-20(29-12-28-17)31-22(35)14-2-3-14/h4-5,8-9,12,14,19H,2-3,6-7,11H2,1H3,(H,30,32,33)(H,28,29,31,35). The number of rotatable bonds is 6. The third-order valence-electron chi connectivity index (χ3n) is 6.15. The molecule has 1 saturated carbocycles. The summed E-state index contributed by atoms with van der Waals surface area (Å²) < 4.78 is 35.5. The summed E-state index contributed by atoms with van der Waals surface area (Å²) in [6.07, 6.45) is 1.33. The van der Waals surface area contributed by atoms with E-state index in [-0.39, 0.29) is 41.9 Å². The van der Waals surface area contributed by atoms with Gasteiger partial charge in [-0.15, -0.1) is 0 Å². The van der Waals surface area contributed by atoms with Crippen LogP contribution in [0.15, 0.2) is 30.6 Å². The van der Waals surface area contributed by atoms with E-state index in [1.54, 1.807) is 19.1 Å². The lowest BCUT2D eigenvalue weighted by Crippen LogP contribution is -2.55. The van der Waals surface area contributed by atoms with Gasteiger partial charge in [-0.2, -0.15) is 10.4 Å². The topological polar surface area (TPSA) is 150 Å². The fourth-order valence-corrected chi connectivity index (χ4v) is 4.02. The summed E-state index contributed by atoms with van der Waals surface area (Å²) in [6.45, 7) is 0.748. The number of aromatic amines is 1. The van der Waals surface area contributed by atoms with Gasteiger partial charge in [0.2, 0.25) is 11.7 Å². The molecule has 3 aromatic rings. The van der Waals surface area contributed by atoms with Crippen LogP contribution in [-0.4, -0.2) is 67.0 Å². The third kappa shape index (κ3) is 5.23. The highest BCUT2D eigenvalue weighted by molar-refractivity contribution is 5.93. The second kappa shape index (κ2) is 9.53. The maximum Gasteiger partial charge on any atom is 0.301 e. The van der Waals surface area contributed by atoms with Crippen molar-refractivity contribution in [3.63, 3.8) is 0 Å². The fraction of sp³-hybridized carbons (Fsp3) is 0.375. The van der Waals surface area contributed by atoms with Gasteiger partial charge in [-0.1, -0.05) is 0 Å². The highest BCUT2D eigenvalue weighted by Gasteiger charge is 2.48. The van der Waals surface area contributed by atoms with Crippen LogP contribution in [0.3, 0.4) is 0 Å². The molecule has 11 nitrogen and oxygen atoms in total. The number of amides is 2. The smallest absolute Gasteiger partial charge is 0.301 e. The number of carbonyl (C=O) groups excluding carboxylic acids is 2. The minimum atomic E-state index is -3.37. The number of piperidine rings is 1. The number of carbonyl (C=O) groups is 2. The summed E-state index contributed by atoms with van der Waals surface area (Å²) in [6, 6.07) is 8.06. The van der Waals surface area contributed by atoms with Crippen molar-refractivity contribution in [2.75, 3.05) is 18.4 Å². The molecule has 2 aliphatic rings. The Kier molecular flexibility index (Phi) is 6.24. The van der Waals surface area contributed by atoms with Gasteiger partial charge < -0.3 is 15.0 Å². The van der Waals surface area contributed by atoms with Crippen LogP contribution in [-0.2, 0) is 4.79 Å². The molecule has 1 aromatic carbocycles. The molecule has 2 N–H and O–H groups in total. The minimum Gasteiger partial charge on any atom is -0.483 e. The van der Waals surface area contributed by atoms with Gasteiger partial charge in [0, 0.05) is 30.5 Å². The Bertz CT molecular complexity index is 1400. The number of aryl methyl sites for hydroxylation is 1. The van der Waals surface area contributed by atoms with E-state index in [0.29, 0.717) is 22.9 Å². The number of nitriles is 1. The van der Waals surface area contributed by atoms with Gasteiger partial charge >= 0.3 is 5.92 Å². The van der Waals surface area contributed by atoms with Crippen LogP contribution in [0, 0.1) is 24.2 Å². The average Bonchev–Trinajstić information content (AvgIpc) is 3.65. The minimum absolute atomic E-state index is 0.00197. The molecule has 1 aliphatic heterocycles. The Morgan fingerprint density at radius 1 is 1.24 bits per heavy atom. The Balaban J connectivity index is 1.29. The van der Waals surface area contributed by atoms with Crippen LogP contribution in [0.4, 0.5) is 14.6 Å². The molecule has 2 aromatic heterocycles. The number of anilines is 1. The molecule has 13 heteroatoms. The Hall–Kier alpha value is -4.47. The lowest BCUT2D eigenvalue weighted by Gasteiger charge is -2.37. The normalized spacial score (nSPS) is 18.6. The predicted octanol–water partition coefficient (Wildman–Crippen LogP) is 2.72. The van der Waals surface area contributed by atoms with E-state index in [2.05, 4.69) is 30.5 Å². The molecule has 1 saturated heterocycles. The molecule has 0 bridgehead atoms. The number of ether oxygens (including phenoxy) is 1. The molecule has 1 atom stereocenters. The number of halogens is 2. The van der Waals surface area contributed by atoms with Crippen LogP contribution < -0.4 is 10.1 Å². The van der Waals surface area contributed by atoms with Crippen molar-refractivity contribution in [1.29, 1.82) is 5.26 Å². The van der Waals surface area contributed by atoms with Gasteiger partial charge in [0.1, 0.15) is 29.8 Å². The summed E-state index contributed by atoms with van der Waals surface area (Å²) in [4.78, 5) is 37.7. The Labute approximate surface area is 209 Å². The van der Waals surface area contributed by atoms with Crippen molar-refractivity contribution in [3.8, 4) is 23.1 Å². The number of hydrogen-bond donors (Lipinski definition) is 2. The highest BCUT2D eigenvalue weighted by Crippen LogP contribution is 2.34. The van der Waals surface area contributed by atoms with Gasteiger partial charge in [0.05, 0.1) is 17.8 Å². The zero-order chi connectivity index (χ0) is 26.2. The second-order valence-corrected chi connectivity index (χ2v) is 8.99. The maximum atomic E-state index is 15.0. The first kappa shape index (κ1) is 24.2. The van der Waals surface area contributed by atoms with E-state index in [1.165, 1.54) is 18.5 Å². The number of hydrogen-bond acceptors (Lipinski definition) is 8. The molecule has 5 rings (SSSR count). The summed E-state index contributed by atoms with van der Waals surface area (Å²) in [7, 11) is 0. The number of alkyl halides is 2. The van der Waals surface area contributed by atoms with Crippen molar-refractivity contribution >= 4 is 17.6 Å². The summed E-state index contributed by atoms with van der Waals surface area (Å²) >= 11 is 0. The molecule has 2 amide bonds. The van der Waals surface area contributed by atoms with Crippen LogP contribution in [0.1, 0.15) is 41.3 Å². The largest absolute Gasteiger partial charge is 0.483 e. The molecular formula is C24H22F2N8O3. The van der Waals surface area contributed by atoms with E-state index in [1.807, 2.05) is 6.07 Å². The van der Waals surface area contributed by atoms with Crippen LogP contribution in [0.25, 0.3) is 11.3 Å². The Morgan fingerprint density at radius 2 is 2.05 bits per heavy atom. The van der Waals surface area contributed by atoms with Crippen molar-refractivity contribution in [2.24, 2.45) is 5.92 Å². The molecule has 37 heavy (non-hydrogen) atoms. The van der Waals surface area contributed by atoms with Gasteiger partial charge in [-0.3, -0.25) is 14.7 Å². The molecule has 1 unspecified atom stereocenters. The molecule has 0 spiro atoms. The number of aromatic nitrogens is 5. The average molecular weight is 508 g/mol. The van der Waals surface area contributed by atoms with E-state index in [0.717, 1.165) is 17.7 Å². The first-order valence-corrected chi connectivity index (χ1v) is 11.6. The van der Waals surface area contributed by atoms with Gasteiger partial charge in [0.15, 0.2) is 6.10 Å². The highest BCUT2D eigenvalue weighted by atomic mass is 19.3. The van der Waals surface area contributed by atoms with Crippen molar-refractivity contribution in [3.05, 3.63) is 47.8 Å². The van der Waals surface area contributed by atoms with Crippen molar-refractivity contribution in [2.45, 2.75) is 38.2 Å². The van der Waals surface area contributed by atoms with Crippen LogP contribution >= 0.6 is 0 Å². The lowest BCUT2D eigenvalue weighted by atomic mass is 10.0. The van der Waals surface area contributed by atoms with E-state index < -0.39 is 24.5 Å². The maximum absolute atomic E-state index is 15.0. The SMILES string of the molecule is Cc1n[nH]c(C(=O)N2CCC(Oc3ccc(-c4cc(NC(=O)C5CC5)ncn4)cc3C#N)C(F)(F)C2)n1. The van der Waals surface area contributed by atoms with Gasteiger partial charge in [-0.25, -0.2) is 23.7 Å².